The van der Waals surface area contributed by atoms with Crippen molar-refractivity contribution in [2.45, 2.75) is 0 Å². The second kappa shape index (κ2) is 6.23. The zero-order valence-electron chi connectivity index (χ0n) is 5.79. The van der Waals surface area contributed by atoms with Gasteiger partial charge in [0.25, 0.3) is 0 Å². The largest absolute Gasteiger partial charge is 0.369 e. The van der Waals surface area contributed by atoms with Crippen molar-refractivity contribution in [3.05, 3.63) is 0 Å². The third kappa shape index (κ3) is 5.25. The summed E-state index contributed by atoms with van der Waals surface area (Å²) in [4.78, 5) is 3.28. The average molecular weight is 158 g/mol. The van der Waals surface area contributed by atoms with Crippen LogP contribution in [0.25, 0.3) is 0 Å². The molecule has 3 N–H and O–H groups in total. The van der Waals surface area contributed by atoms with Crippen LogP contribution < -0.4 is 11.1 Å². The smallest absolute Gasteiger partial charge is 0.209 e. The highest BCUT2D eigenvalue weighted by atomic mass is 32.2. The Morgan fingerprint density at radius 2 is 2.60 bits per heavy atom. The molecule has 0 aliphatic carbocycles. The second-order valence-corrected chi connectivity index (χ2v) is 2.50. The Labute approximate surface area is 64.5 Å². The van der Waals surface area contributed by atoms with Crippen molar-refractivity contribution in [3.8, 4) is 6.19 Å². The lowest BCUT2D eigenvalue weighted by Gasteiger charge is -1.99. The number of hydrogen-bond donors (Lipinski definition) is 2. The predicted octanol–water partition coefficient (Wildman–Crippen LogP) is -0.265. The first-order chi connectivity index (χ1) is 4.81. The van der Waals surface area contributed by atoms with E-state index < -0.39 is 0 Å². The Morgan fingerprint density at radius 3 is 3.10 bits per heavy atom. The molecule has 0 fully saturated rings. The van der Waals surface area contributed by atoms with Crippen LogP contribution in [0.5, 0.6) is 0 Å². The van der Waals surface area contributed by atoms with Crippen molar-refractivity contribution in [1.29, 1.82) is 5.26 Å². The summed E-state index contributed by atoms with van der Waals surface area (Å²) in [6.07, 6.45) is 3.59. The molecule has 0 radical (unpaired) electrons. The number of guanidine groups is 1. The van der Waals surface area contributed by atoms with Gasteiger partial charge in [-0.05, 0) is 6.26 Å². The minimum Gasteiger partial charge on any atom is -0.369 e. The fourth-order valence-corrected chi connectivity index (χ4v) is 0.681. The molecule has 0 spiro atoms. The molecule has 0 aromatic rings. The first kappa shape index (κ1) is 9.11. The zero-order chi connectivity index (χ0) is 7.82. The highest BCUT2D eigenvalue weighted by molar-refractivity contribution is 7.98. The van der Waals surface area contributed by atoms with E-state index >= 15 is 0 Å². The molecule has 0 atom stereocenters. The molecule has 0 saturated carbocycles. The van der Waals surface area contributed by atoms with Crippen LogP contribution in [0, 0.1) is 11.5 Å². The quantitative estimate of drug-likeness (QED) is 0.257. The van der Waals surface area contributed by atoms with Crippen LogP contribution in [-0.4, -0.2) is 24.5 Å². The standard InChI is InChI=1S/C5H10N4S/c1-10-3-2-8-5(7)9-4-6/h2-3H2,1H3,(H3,7,8,9). The number of thioether (sulfide) groups is 1. The van der Waals surface area contributed by atoms with Crippen molar-refractivity contribution in [2.24, 2.45) is 10.7 Å². The molecular weight excluding hydrogens is 148 g/mol. The van der Waals surface area contributed by atoms with Crippen molar-refractivity contribution in [3.63, 3.8) is 0 Å². The molecule has 0 bridgehead atoms. The number of hydrogen-bond acceptors (Lipinski definition) is 3. The summed E-state index contributed by atoms with van der Waals surface area (Å²) < 4.78 is 0. The maximum absolute atomic E-state index is 8.03. The van der Waals surface area contributed by atoms with E-state index in [1.54, 1.807) is 18.0 Å². The van der Waals surface area contributed by atoms with Crippen molar-refractivity contribution in [2.75, 3.05) is 18.6 Å². The third-order valence-corrected chi connectivity index (χ3v) is 1.40. The van der Waals surface area contributed by atoms with Gasteiger partial charge >= 0.3 is 0 Å². The maximum atomic E-state index is 8.03. The Bertz CT molecular complexity index is 148. The van der Waals surface area contributed by atoms with E-state index in [-0.39, 0.29) is 5.96 Å². The molecule has 0 heterocycles. The summed E-state index contributed by atoms with van der Waals surface area (Å²) in [6.45, 7) is 0.748. The maximum Gasteiger partial charge on any atom is 0.209 e. The Kier molecular flexibility index (Phi) is 5.68. The van der Waals surface area contributed by atoms with Crippen molar-refractivity contribution >= 4 is 17.7 Å². The first-order valence-corrected chi connectivity index (χ1v) is 4.15. The molecule has 5 heteroatoms. The fraction of sp³-hybridized carbons (Fsp3) is 0.600. The molecule has 0 aliphatic heterocycles. The number of nitrogens with two attached hydrogens (primary N) is 1. The molecule has 10 heavy (non-hydrogen) atoms. The second-order valence-electron chi connectivity index (χ2n) is 1.52. The predicted molar refractivity (Wildman–Crippen MR) is 43.6 cm³/mol. The van der Waals surface area contributed by atoms with Crippen molar-refractivity contribution in [1.82, 2.24) is 5.32 Å². The van der Waals surface area contributed by atoms with Crippen molar-refractivity contribution < 1.29 is 0 Å². The summed E-state index contributed by atoms with van der Waals surface area (Å²) in [5.41, 5.74) is 5.23. The van der Waals surface area contributed by atoms with Gasteiger partial charge in [0.05, 0.1) is 0 Å². The van der Waals surface area contributed by atoms with E-state index in [4.69, 9.17) is 11.0 Å². The van der Waals surface area contributed by atoms with Gasteiger partial charge in [-0.1, -0.05) is 0 Å². The molecule has 0 saturated heterocycles. The normalized spacial score (nSPS) is 10.6. The summed E-state index contributed by atoms with van der Waals surface area (Å²) in [7, 11) is 0. The van der Waals surface area contributed by atoms with Gasteiger partial charge in [-0.15, -0.1) is 4.99 Å². The van der Waals surface area contributed by atoms with Crippen LogP contribution in [0.3, 0.4) is 0 Å². The molecule has 0 rings (SSSR count). The molecular formula is C5H10N4S. The van der Waals surface area contributed by atoms with Crippen LogP contribution in [0.15, 0.2) is 4.99 Å². The highest BCUT2D eigenvalue weighted by Gasteiger charge is 1.87. The lowest BCUT2D eigenvalue weighted by molar-refractivity contribution is 0.965. The SMILES string of the molecule is CSCCNC(N)=NC#N. The van der Waals surface area contributed by atoms with E-state index in [2.05, 4.69) is 10.3 Å². The fourth-order valence-electron chi connectivity index (χ4n) is 0.375. The van der Waals surface area contributed by atoms with E-state index in [0.29, 0.717) is 0 Å². The molecule has 0 unspecified atom stereocenters. The lowest BCUT2D eigenvalue weighted by Crippen LogP contribution is -2.32. The molecule has 0 amide bonds. The number of nitrogens with one attached hydrogen (secondary N) is 1. The van der Waals surface area contributed by atoms with Gasteiger partial charge in [-0.25, -0.2) is 0 Å². The van der Waals surface area contributed by atoms with Crippen LogP contribution in [0.2, 0.25) is 0 Å². The summed E-state index contributed by atoms with van der Waals surface area (Å²) in [5, 5.41) is 10.8. The summed E-state index contributed by atoms with van der Waals surface area (Å²) in [5.74, 6) is 1.15. The monoisotopic (exact) mass is 158 g/mol. The Hall–Kier alpha value is -0.890. The minimum absolute atomic E-state index is 0.191. The molecule has 0 aliphatic rings. The Morgan fingerprint density at radius 1 is 1.90 bits per heavy atom. The van der Waals surface area contributed by atoms with Gasteiger partial charge in [0, 0.05) is 12.3 Å². The van der Waals surface area contributed by atoms with Gasteiger partial charge in [0.15, 0.2) is 0 Å². The van der Waals surface area contributed by atoms with Gasteiger partial charge in [-0.3, -0.25) is 0 Å². The average Bonchev–Trinajstić information content (AvgIpc) is 1.89. The summed E-state index contributed by atoms with van der Waals surface area (Å²) >= 11 is 1.71. The highest BCUT2D eigenvalue weighted by Crippen LogP contribution is 1.86. The van der Waals surface area contributed by atoms with E-state index in [9.17, 15) is 0 Å². The van der Waals surface area contributed by atoms with E-state index in [0.717, 1.165) is 12.3 Å². The zero-order valence-corrected chi connectivity index (χ0v) is 6.61. The van der Waals surface area contributed by atoms with Gasteiger partial charge in [0.2, 0.25) is 12.2 Å². The number of nitriles is 1. The minimum atomic E-state index is 0.191. The van der Waals surface area contributed by atoms with Gasteiger partial charge < -0.3 is 11.1 Å². The Balaban J connectivity index is 3.32. The van der Waals surface area contributed by atoms with Crippen LogP contribution in [-0.2, 0) is 0 Å². The van der Waals surface area contributed by atoms with E-state index in [1.807, 2.05) is 6.26 Å². The first-order valence-electron chi connectivity index (χ1n) is 2.76. The van der Waals surface area contributed by atoms with Crippen LogP contribution >= 0.6 is 11.8 Å². The summed E-state index contributed by atoms with van der Waals surface area (Å²) in [6, 6.07) is 0. The number of rotatable bonds is 3. The van der Waals surface area contributed by atoms with Gasteiger partial charge in [0.1, 0.15) is 0 Å². The molecule has 4 nitrogen and oxygen atoms in total. The van der Waals surface area contributed by atoms with Crippen LogP contribution in [0.1, 0.15) is 0 Å². The lowest BCUT2D eigenvalue weighted by atomic mass is 10.7. The topological polar surface area (TPSA) is 74.2 Å². The number of nitrogens with zero attached hydrogens (tertiary/aromatic N) is 2. The molecule has 0 aromatic heterocycles. The van der Waals surface area contributed by atoms with Crippen LogP contribution in [0.4, 0.5) is 0 Å². The van der Waals surface area contributed by atoms with Gasteiger partial charge in [-0.2, -0.15) is 17.0 Å². The molecule has 56 valence electrons. The molecule has 0 aromatic carbocycles. The number of aliphatic imine (C=N–C) groups is 1. The van der Waals surface area contributed by atoms with E-state index in [1.165, 1.54) is 0 Å². The third-order valence-electron chi connectivity index (χ3n) is 0.783.